The Morgan fingerprint density at radius 3 is 2.53 bits per heavy atom. The number of morpholine rings is 2. The Hall–Kier alpha value is -2.90. The summed E-state index contributed by atoms with van der Waals surface area (Å²) in [6, 6.07) is 8.21. The normalized spacial score (nSPS) is 20.4. The standard InChI is InChI=1S/C24H28N8O3S/c33-24-25-17-3-1-2-4-18(17)32(24)23-27-21(31-7-11-35-12-8-31)20-22(28-23)36-19(26-20)15-29-13-16(14-29)30-5-9-34-10-6-30/h1-4,16H,5-15H2,(H,25,33). The maximum Gasteiger partial charge on any atom is 0.333 e. The van der Waals surface area contributed by atoms with Crippen molar-refractivity contribution in [2.75, 3.05) is 70.6 Å². The highest BCUT2D eigenvalue weighted by molar-refractivity contribution is 7.18. The fourth-order valence-electron chi connectivity index (χ4n) is 5.29. The summed E-state index contributed by atoms with van der Waals surface area (Å²) in [5, 5.41) is 1.03. The van der Waals surface area contributed by atoms with Crippen molar-refractivity contribution in [1.82, 2.24) is 34.3 Å². The van der Waals surface area contributed by atoms with Crippen molar-refractivity contribution in [1.29, 1.82) is 0 Å². The van der Waals surface area contributed by atoms with Crippen LogP contribution in [0.3, 0.4) is 0 Å². The molecule has 4 aromatic rings. The van der Waals surface area contributed by atoms with Gasteiger partial charge in [0, 0.05) is 45.3 Å². The number of fused-ring (bicyclic) bond motifs is 2. The van der Waals surface area contributed by atoms with Crippen molar-refractivity contribution in [3.8, 4) is 5.95 Å². The number of nitrogens with one attached hydrogen (secondary N) is 1. The third-order valence-electron chi connectivity index (χ3n) is 7.23. The molecule has 0 spiro atoms. The van der Waals surface area contributed by atoms with Crippen LogP contribution >= 0.6 is 11.3 Å². The lowest BCUT2D eigenvalue weighted by molar-refractivity contribution is -0.0344. The maximum absolute atomic E-state index is 12.9. The molecule has 3 saturated heterocycles. The van der Waals surface area contributed by atoms with Crippen molar-refractivity contribution in [2.45, 2.75) is 12.6 Å². The summed E-state index contributed by atoms with van der Waals surface area (Å²) in [6.07, 6.45) is 0. The molecule has 7 rings (SSSR count). The van der Waals surface area contributed by atoms with Gasteiger partial charge in [-0.15, -0.1) is 0 Å². The molecule has 1 N–H and O–H groups in total. The van der Waals surface area contributed by atoms with E-state index in [4.69, 9.17) is 24.4 Å². The van der Waals surface area contributed by atoms with Crippen LogP contribution in [0.1, 0.15) is 5.01 Å². The van der Waals surface area contributed by atoms with Gasteiger partial charge in [-0.1, -0.05) is 23.5 Å². The average Bonchev–Trinajstić information content (AvgIpc) is 3.45. The minimum atomic E-state index is -0.247. The molecule has 0 aliphatic carbocycles. The molecule has 11 nitrogen and oxygen atoms in total. The number of hydrogen-bond donors (Lipinski definition) is 1. The van der Waals surface area contributed by atoms with Crippen molar-refractivity contribution in [3.63, 3.8) is 0 Å². The first-order valence-electron chi connectivity index (χ1n) is 12.5. The number of ether oxygens (including phenoxy) is 2. The number of nitrogens with zero attached hydrogens (tertiary/aromatic N) is 7. The van der Waals surface area contributed by atoms with Gasteiger partial charge in [-0.25, -0.2) is 14.3 Å². The predicted octanol–water partition coefficient (Wildman–Crippen LogP) is 1.07. The Balaban J connectivity index is 1.22. The van der Waals surface area contributed by atoms with Gasteiger partial charge in [0.25, 0.3) is 0 Å². The highest BCUT2D eigenvalue weighted by atomic mass is 32.1. The fraction of sp³-hybridized carbons (Fsp3) is 0.500. The van der Waals surface area contributed by atoms with E-state index in [1.807, 2.05) is 24.3 Å². The van der Waals surface area contributed by atoms with E-state index in [-0.39, 0.29) is 5.69 Å². The second-order valence-electron chi connectivity index (χ2n) is 9.49. The van der Waals surface area contributed by atoms with Gasteiger partial charge in [-0.05, 0) is 12.1 Å². The number of imidazole rings is 1. The van der Waals surface area contributed by atoms with Crippen LogP contribution in [0.4, 0.5) is 5.82 Å². The van der Waals surface area contributed by atoms with E-state index in [1.54, 1.807) is 15.9 Å². The van der Waals surface area contributed by atoms with Crippen molar-refractivity contribution >= 4 is 38.5 Å². The predicted molar refractivity (Wildman–Crippen MR) is 137 cm³/mol. The zero-order valence-corrected chi connectivity index (χ0v) is 20.7. The molecule has 36 heavy (non-hydrogen) atoms. The number of aromatic nitrogens is 5. The molecule has 0 unspecified atom stereocenters. The molecule has 0 radical (unpaired) electrons. The zero-order chi connectivity index (χ0) is 24.1. The molecule has 12 heteroatoms. The Morgan fingerprint density at radius 2 is 1.72 bits per heavy atom. The van der Waals surface area contributed by atoms with Crippen molar-refractivity contribution in [3.05, 3.63) is 39.8 Å². The monoisotopic (exact) mass is 508 g/mol. The van der Waals surface area contributed by atoms with Gasteiger partial charge in [0.15, 0.2) is 10.6 Å². The molecule has 0 amide bonds. The number of likely N-dealkylation sites (tertiary alicyclic amines) is 1. The van der Waals surface area contributed by atoms with Crippen LogP contribution in [0.25, 0.3) is 27.3 Å². The van der Waals surface area contributed by atoms with Crippen LogP contribution < -0.4 is 10.6 Å². The molecule has 3 aliphatic rings. The van der Waals surface area contributed by atoms with E-state index in [0.717, 1.165) is 91.2 Å². The quantitative estimate of drug-likeness (QED) is 0.424. The molecule has 0 saturated carbocycles. The zero-order valence-electron chi connectivity index (χ0n) is 19.9. The Labute approximate surface area is 211 Å². The summed E-state index contributed by atoms with van der Waals surface area (Å²) in [6.45, 7) is 9.35. The first-order chi connectivity index (χ1) is 17.7. The van der Waals surface area contributed by atoms with Crippen LogP contribution in [0.2, 0.25) is 0 Å². The van der Waals surface area contributed by atoms with Gasteiger partial charge in [0.2, 0.25) is 5.95 Å². The third kappa shape index (κ3) is 3.98. The van der Waals surface area contributed by atoms with Crippen LogP contribution in [0.15, 0.2) is 29.1 Å². The SMILES string of the molecule is O=c1[nH]c2ccccc2n1-c1nc(N2CCOCC2)c2nc(CN3CC(N4CCOCC4)C3)sc2n1. The van der Waals surface area contributed by atoms with Crippen molar-refractivity contribution < 1.29 is 9.47 Å². The summed E-state index contributed by atoms with van der Waals surface area (Å²) >= 11 is 1.59. The van der Waals surface area contributed by atoms with E-state index in [2.05, 4.69) is 19.7 Å². The molecule has 3 fully saturated rings. The average molecular weight is 509 g/mol. The highest BCUT2D eigenvalue weighted by Crippen LogP contribution is 2.31. The summed E-state index contributed by atoms with van der Waals surface area (Å²) in [5.41, 5.74) is 2.08. The number of anilines is 1. The fourth-order valence-corrected chi connectivity index (χ4v) is 6.26. The Morgan fingerprint density at radius 1 is 0.972 bits per heavy atom. The van der Waals surface area contributed by atoms with Gasteiger partial charge in [-0.3, -0.25) is 9.80 Å². The van der Waals surface area contributed by atoms with E-state index in [0.29, 0.717) is 25.2 Å². The van der Waals surface area contributed by atoms with Gasteiger partial charge in [-0.2, -0.15) is 9.97 Å². The van der Waals surface area contributed by atoms with Crippen LogP contribution in [0.5, 0.6) is 0 Å². The number of para-hydroxylation sites is 2. The first-order valence-corrected chi connectivity index (χ1v) is 13.3. The molecule has 0 atom stereocenters. The van der Waals surface area contributed by atoms with Gasteiger partial charge >= 0.3 is 5.69 Å². The third-order valence-corrected chi connectivity index (χ3v) is 8.17. The molecule has 0 bridgehead atoms. The van der Waals surface area contributed by atoms with E-state index < -0.39 is 0 Å². The number of rotatable bonds is 5. The number of thiazole rings is 1. The number of benzene rings is 1. The smallest absolute Gasteiger partial charge is 0.333 e. The maximum atomic E-state index is 12.9. The molecule has 3 aliphatic heterocycles. The van der Waals surface area contributed by atoms with Crippen LogP contribution in [-0.4, -0.2) is 106 Å². The molecule has 6 heterocycles. The second kappa shape index (κ2) is 9.20. The summed E-state index contributed by atoms with van der Waals surface area (Å²) < 4.78 is 12.6. The topological polar surface area (TPSA) is 105 Å². The van der Waals surface area contributed by atoms with E-state index >= 15 is 0 Å². The molecular weight excluding hydrogens is 480 g/mol. The largest absolute Gasteiger partial charge is 0.379 e. The number of aromatic amines is 1. The van der Waals surface area contributed by atoms with Gasteiger partial charge in [0.05, 0.1) is 44.0 Å². The minimum absolute atomic E-state index is 0.247. The van der Waals surface area contributed by atoms with Gasteiger partial charge in [0.1, 0.15) is 10.5 Å². The van der Waals surface area contributed by atoms with Crippen LogP contribution in [0, 0.1) is 0 Å². The lowest BCUT2D eigenvalue weighted by Crippen LogP contribution is -2.60. The highest BCUT2D eigenvalue weighted by Gasteiger charge is 2.33. The minimum Gasteiger partial charge on any atom is -0.379 e. The Kier molecular flexibility index (Phi) is 5.70. The summed E-state index contributed by atoms with van der Waals surface area (Å²) in [5.74, 6) is 1.14. The summed E-state index contributed by atoms with van der Waals surface area (Å²) in [4.78, 5) is 38.5. The van der Waals surface area contributed by atoms with E-state index in [1.165, 1.54) is 0 Å². The van der Waals surface area contributed by atoms with Crippen LogP contribution in [-0.2, 0) is 16.0 Å². The molecular formula is C24H28N8O3S. The number of hydrogen-bond acceptors (Lipinski definition) is 10. The Bertz CT molecular complexity index is 1450. The number of H-pyrrole nitrogens is 1. The van der Waals surface area contributed by atoms with Crippen molar-refractivity contribution in [2.24, 2.45) is 0 Å². The molecule has 3 aromatic heterocycles. The second-order valence-corrected chi connectivity index (χ2v) is 10.5. The summed E-state index contributed by atoms with van der Waals surface area (Å²) in [7, 11) is 0. The van der Waals surface area contributed by atoms with E-state index in [9.17, 15) is 4.79 Å². The molecule has 188 valence electrons. The lowest BCUT2D eigenvalue weighted by Gasteiger charge is -2.46. The first kappa shape index (κ1) is 22.3. The molecule has 1 aromatic carbocycles. The lowest BCUT2D eigenvalue weighted by atomic mass is 10.1. The van der Waals surface area contributed by atoms with Gasteiger partial charge < -0.3 is 19.4 Å².